The van der Waals surface area contributed by atoms with E-state index in [1.807, 2.05) is 21.1 Å². The van der Waals surface area contributed by atoms with Crippen LogP contribution in [-0.2, 0) is 28.6 Å². The molecule has 0 saturated heterocycles. The van der Waals surface area contributed by atoms with E-state index in [1.54, 1.807) is 0 Å². The fourth-order valence-corrected chi connectivity index (χ4v) is 7.64. The Hall–Kier alpha value is -2.71. The van der Waals surface area contributed by atoms with Gasteiger partial charge in [0.05, 0.1) is 34.4 Å². The Morgan fingerprint density at radius 3 is 1.33 bits per heavy atom. The summed E-state index contributed by atoms with van der Waals surface area (Å²) in [4.78, 5) is 37.1. The predicted octanol–water partition coefficient (Wildman–Crippen LogP) is 15.1. The van der Waals surface area contributed by atoms with Gasteiger partial charge in [-0.2, -0.15) is 0 Å². The first-order valence-electron chi connectivity index (χ1n) is 26.2. The van der Waals surface area contributed by atoms with E-state index in [0.717, 1.165) is 64.2 Å². The maximum absolute atomic E-state index is 12.8. The predicted molar refractivity (Wildman–Crippen MR) is 266 cm³/mol. The zero-order valence-electron chi connectivity index (χ0n) is 41.8. The van der Waals surface area contributed by atoms with Gasteiger partial charge in [-0.15, -0.1) is 0 Å². The Labute approximate surface area is 388 Å². The quantitative estimate of drug-likeness (QED) is 0.0214. The van der Waals surface area contributed by atoms with E-state index in [0.29, 0.717) is 19.3 Å². The van der Waals surface area contributed by atoms with Gasteiger partial charge in [0.1, 0.15) is 6.61 Å². The average Bonchev–Trinajstić information content (AvgIpc) is 3.24. The molecule has 0 heterocycles. The Morgan fingerprint density at radius 1 is 0.492 bits per heavy atom. The minimum absolute atomic E-state index is 0.0492. The molecule has 63 heavy (non-hydrogen) atoms. The highest BCUT2D eigenvalue weighted by Gasteiger charge is 2.31. The molecule has 0 saturated carbocycles. The molecule has 0 aromatic heterocycles. The van der Waals surface area contributed by atoms with Crippen LogP contribution in [0, 0.1) is 0 Å². The van der Waals surface area contributed by atoms with Crippen molar-refractivity contribution in [3.05, 3.63) is 48.6 Å². The topological polar surface area (TPSA) is 99.1 Å². The lowest BCUT2D eigenvalue weighted by molar-refractivity contribution is -0.887. The highest BCUT2D eigenvalue weighted by atomic mass is 16.6. The molecule has 0 aliphatic heterocycles. The summed E-state index contributed by atoms with van der Waals surface area (Å²) in [6.07, 6.45) is 55.9. The van der Waals surface area contributed by atoms with Crippen molar-refractivity contribution in [2.24, 2.45) is 0 Å². The van der Waals surface area contributed by atoms with Crippen molar-refractivity contribution in [2.45, 2.75) is 244 Å². The Morgan fingerprint density at radius 2 is 0.889 bits per heavy atom. The monoisotopic (exact) mass is 887 g/mol. The van der Waals surface area contributed by atoms with Crippen LogP contribution in [0.3, 0.4) is 0 Å². The molecule has 0 aliphatic rings. The lowest BCUT2D eigenvalue weighted by Crippen LogP contribution is -2.50. The number of ether oxygens (including phenoxy) is 3. The van der Waals surface area contributed by atoms with Crippen LogP contribution < -0.4 is 0 Å². The zero-order chi connectivity index (χ0) is 46.3. The fourth-order valence-electron chi connectivity index (χ4n) is 7.64. The standard InChI is InChI=1S/C55H99NO7/c1-6-8-10-12-14-16-18-20-22-24-25-26-27-28-29-30-32-34-36-38-40-42-44-46-54(58)63-51(49-61-48-47-52(55(59)60)56(3,4)5)50-62-53(57)45-43-41-39-37-35-33-31-23-21-19-17-15-13-11-9-7-2/h23,25-26,28-29,31,33,35,51-52H,6-22,24,27,30,32,34,36-50H2,1-5H3/p+1/b26-25+,29-28+,31-23+,35-33+. The second-order valence-corrected chi connectivity index (χ2v) is 18.8. The number of hydrogen-bond donors (Lipinski definition) is 1. The molecule has 366 valence electrons. The lowest BCUT2D eigenvalue weighted by Gasteiger charge is -2.31. The maximum Gasteiger partial charge on any atom is 0.362 e. The van der Waals surface area contributed by atoms with Gasteiger partial charge < -0.3 is 23.8 Å². The van der Waals surface area contributed by atoms with Crippen LogP contribution in [0.1, 0.15) is 232 Å². The van der Waals surface area contributed by atoms with E-state index in [9.17, 15) is 19.5 Å². The largest absolute Gasteiger partial charge is 0.477 e. The van der Waals surface area contributed by atoms with Crippen molar-refractivity contribution in [1.82, 2.24) is 0 Å². The molecule has 0 radical (unpaired) electrons. The normalized spacial score (nSPS) is 13.2. The van der Waals surface area contributed by atoms with E-state index in [-0.39, 0.29) is 36.2 Å². The second-order valence-electron chi connectivity index (χ2n) is 18.8. The summed E-state index contributed by atoms with van der Waals surface area (Å²) in [6, 6.07) is -0.621. The molecule has 0 amide bonds. The van der Waals surface area contributed by atoms with Crippen molar-refractivity contribution in [1.29, 1.82) is 0 Å². The van der Waals surface area contributed by atoms with Crippen LogP contribution in [0.5, 0.6) is 0 Å². The summed E-state index contributed by atoms with van der Waals surface area (Å²) in [5.74, 6) is -1.51. The number of esters is 2. The number of hydrogen-bond acceptors (Lipinski definition) is 6. The minimum atomic E-state index is -0.879. The number of likely N-dealkylation sites (N-methyl/N-ethyl adjacent to an activating group) is 1. The fraction of sp³-hybridized carbons (Fsp3) is 0.800. The molecule has 8 heteroatoms. The van der Waals surface area contributed by atoms with Crippen molar-refractivity contribution in [3.63, 3.8) is 0 Å². The minimum Gasteiger partial charge on any atom is -0.477 e. The molecule has 1 N–H and O–H groups in total. The van der Waals surface area contributed by atoms with Gasteiger partial charge in [-0.05, 0) is 70.6 Å². The first-order valence-corrected chi connectivity index (χ1v) is 26.2. The maximum atomic E-state index is 12.8. The molecule has 8 nitrogen and oxygen atoms in total. The number of rotatable bonds is 47. The van der Waals surface area contributed by atoms with Crippen molar-refractivity contribution in [2.75, 3.05) is 41.0 Å². The van der Waals surface area contributed by atoms with Crippen LogP contribution >= 0.6 is 0 Å². The summed E-state index contributed by atoms with van der Waals surface area (Å²) < 4.78 is 17.3. The average molecular weight is 887 g/mol. The van der Waals surface area contributed by atoms with E-state index in [1.165, 1.54) is 135 Å². The highest BCUT2D eigenvalue weighted by molar-refractivity contribution is 5.72. The van der Waals surface area contributed by atoms with Gasteiger partial charge in [0, 0.05) is 19.3 Å². The number of nitrogens with zero attached hydrogens (tertiary/aromatic N) is 1. The Bertz CT molecular complexity index is 1170. The smallest absolute Gasteiger partial charge is 0.362 e. The number of unbranched alkanes of at least 4 members (excludes halogenated alkanes) is 26. The molecular weight excluding hydrogens is 787 g/mol. The SMILES string of the molecule is CCCCCCCCC/C=C/C=C/CCCCCC(=O)OCC(COCCC(C(=O)O)[N+](C)(C)C)OC(=O)CCCCCCCCC/C=C/C/C=C/CCCCCCCCCCC. The summed E-state index contributed by atoms with van der Waals surface area (Å²) in [5.41, 5.74) is 0. The number of aliphatic carboxylic acids is 1. The number of carbonyl (C=O) groups is 3. The van der Waals surface area contributed by atoms with Crippen molar-refractivity contribution < 1.29 is 38.2 Å². The first kappa shape index (κ1) is 60.3. The van der Waals surface area contributed by atoms with Gasteiger partial charge in [-0.3, -0.25) is 9.59 Å². The molecule has 0 rings (SSSR count). The molecule has 2 unspecified atom stereocenters. The van der Waals surface area contributed by atoms with Crippen LogP contribution in [0.2, 0.25) is 0 Å². The molecule has 0 spiro atoms. The van der Waals surface area contributed by atoms with Crippen LogP contribution in [-0.4, -0.2) is 80.6 Å². The van der Waals surface area contributed by atoms with E-state index < -0.39 is 18.1 Å². The van der Waals surface area contributed by atoms with Gasteiger partial charge in [0.2, 0.25) is 0 Å². The molecule has 0 fully saturated rings. The van der Waals surface area contributed by atoms with Crippen LogP contribution in [0.25, 0.3) is 0 Å². The summed E-state index contributed by atoms with van der Waals surface area (Å²) in [6.45, 7) is 4.71. The molecular formula is C55H100NO7+. The van der Waals surface area contributed by atoms with Crippen LogP contribution in [0.4, 0.5) is 0 Å². The Balaban J connectivity index is 4.28. The summed E-state index contributed by atoms with van der Waals surface area (Å²) >= 11 is 0. The van der Waals surface area contributed by atoms with Crippen LogP contribution in [0.15, 0.2) is 48.6 Å². The van der Waals surface area contributed by atoms with Gasteiger partial charge in [-0.25, -0.2) is 4.79 Å². The van der Waals surface area contributed by atoms with Gasteiger partial charge in [0.15, 0.2) is 12.1 Å². The molecule has 0 aromatic carbocycles. The summed E-state index contributed by atoms with van der Waals surface area (Å²) in [5, 5.41) is 9.65. The number of carboxylic acid groups (broad SMARTS) is 1. The summed E-state index contributed by atoms with van der Waals surface area (Å²) in [7, 11) is 5.53. The third-order valence-electron chi connectivity index (χ3n) is 11.7. The number of carbonyl (C=O) groups excluding carboxylic acids is 2. The lowest BCUT2D eigenvalue weighted by atomic mass is 10.1. The van der Waals surface area contributed by atoms with E-state index >= 15 is 0 Å². The zero-order valence-corrected chi connectivity index (χ0v) is 41.8. The third-order valence-corrected chi connectivity index (χ3v) is 11.7. The van der Waals surface area contributed by atoms with Crippen molar-refractivity contribution >= 4 is 17.9 Å². The van der Waals surface area contributed by atoms with Crippen molar-refractivity contribution in [3.8, 4) is 0 Å². The van der Waals surface area contributed by atoms with Gasteiger partial charge >= 0.3 is 17.9 Å². The van der Waals surface area contributed by atoms with E-state index in [4.69, 9.17) is 14.2 Å². The van der Waals surface area contributed by atoms with Gasteiger partial charge in [-0.1, -0.05) is 191 Å². The second kappa shape index (κ2) is 45.8. The highest BCUT2D eigenvalue weighted by Crippen LogP contribution is 2.15. The number of carboxylic acids is 1. The van der Waals surface area contributed by atoms with Gasteiger partial charge in [0.25, 0.3) is 0 Å². The Kier molecular flexibility index (Phi) is 43.9. The number of allylic oxidation sites excluding steroid dienone is 8. The molecule has 0 aliphatic carbocycles. The molecule has 0 bridgehead atoms. The molecule has 0 aromatic rings. The molecule has 2 atom stereocenters. The van der Waals surface area contributed by atoms with E-state index in [2.05, 4.69) is 62.5 Å². The third kappa shape index (κ3) is 44.3. The number of quaternary nitrogens is 1. The first-order chi connectivity index (χ1) is 30.6.